The zero-order chi connectivity index (χ0) is 15.7. The largest absolute Gasteiger partial charge is 0.350 e. The third kappa shape index (κ3) is 8.23. The SMILES string of the molecule is C=C(C)C=CC(CCC1OCCO1)C(C)CCC=C(C)C. The summed E-state index contributed by atoms with van der Waals surface area (Å²) in [5.74, 6) is 1.23. The topological polar surface area (TPSA) is 18.5 Å². The van der Waals surface area contributed by atoms with Crippen LogP contribution in [0.5, 0.6) is 0 Å². The van der Waals surface area contributed by atoms with Gasteiger partial charge in [-0.15, -0.1) is 0 Å². The van der Waals surface area contributed by atoms with E-state index in [0.29, 0.717) is 11.8 Å². The first-order chi connectivity index (χ1) is 9.99. The number of allylic oxidation sites excluding steroid dienone is 5. The summed E-state index contributed by atoms with van der Waals surface area (Å²) in [5, 5.41) is 0. The molecule has 0 N–H and O–H groups in total. The first-order valence-electron chi connectivity index (χ1n) is 8.19. The molecule has 0 spiro atoms. The van der Waals surface area contributed by atoms with Crippen LogP contribution in [0.1, 0.15) is 53.4 Å². The summed E-state index contributed by atoms with van der Waals surface area (Å²) in [5.41, 5.74) is 2.52. The highest BCUT2D eigenvalue weighted by atomic mass is 16.7. The second-order valence-corrected chi connectivity index (χ2v) is 6.45. The molecule has 2 nitrogen and oxygen atoms in total. The van der Waals surface area contributed by atoms with Gasteiger partial charge < -0.3 is 9.47 Å². The molecule has 1 saturated heterocycles. The smallest absolute Gasteiger partial charge is 0.157 e. The van der Waals surface area contributed by atoms with Crippen LogP contribution in [-0.4, -0.2) is 19.5 Å². The molecule has 0 aromatic carbocycles. The molecule has 21 heavy (non-hydrogen) atoms. The highest BCUT2D eigenvalue weighted by molar-refractivity contribution is 5.12. The lowest BCUT2D eigenvalue weighted by atomic mass is 9.85. The number of hydrogen-bond acceptors (Lipinski definition) is 2. The molecule has 0 amide bonds. The van der Waals surface area contributed by atoms with Crippen molar-refractivity contribution in [2.45, 2.75) is 59.7 Å². The molecule has 1 fully saturated rings. The molecule has 2 unspecified atom stereocenters. The molecule has 1 heterocycles. The fourth-order valence-corrected chi connectivity index (χ4v) is 2.61. The summed E-state index contributed by atoms with van der Waals surface area (Å²) in [6.45, 7) is 14.2. The molecule has 0 radical (unpaired) electrons. The molecule has 0 aromatic heterocycles. The molecule has 0 aliphatic carbocycles. The van der Waals surface area contributed by atoms with Crippen molar-refractivity contribution in [3.8, 4) is 0 Å². The fraction of sp³-hybridized carbons (Fsp3) is 0.684. The molecule has 120 valence electrons. The van der Waals surface area contributed by atoms with Crippen LogP contribution in [0.3, 0.4) is 0 Å². The van der Waals surface area contributed by atoms with Crippen molar-refractivity contribution < 1.29 is 9.47 Å². The molecule has 0 bridgehead atoms. The van der Waals surface area contributed by atoms with Crippen molar-refractivity contribution in [2.75, 3.05) is 13.2 Å². The molecular weight excluding hydrogens is 260 g/mol. The summed E-state index contributed by atoms with van der Waals surface area (Å²) < 4.78 is 11.1. The van der Waals surface area contributed by atoms with Gasteiger partial charge in [0.15, 0.2) is 6.29 Å². The van der Waals surface area contributed by atoms with E-state index in [1.807, 2.05) is 6.92 Å². The Morgan fingerprint density at radius 3 is 2.43 bits per heavy atom. The Hall–Kier alpha value is -0.860. The normalized spacial score (nSPS) is 18.9. The number of rotatable bonds is 9. The zero-order valence-electron chi connectivity index (χ0n) is 14.2. The van der Waals surface area contributed by atoms with Crippen LogP contribution in [0.4, 0.5) is 0 Å². The van der Waals surface area contributed by atoms with Crippen molar-refractivity contribution >= 4 is 0 Å². The van der Waals surface area contributed by atoms with Crippen molar-refractivity contribution in [3.63, 3.8) is 0 Å². The Kier molecular flexibility index (Phi) is 8.63. The van der Waals surface area contributed by atoms with Gasteiger partial charge in [-0.2, -0.15) is 0 Å². The summed E-state index contributed by atoms with van der Waals surface area (Å²) in [7, 11) is 0. The summed E-state index contributed by atoms with van der Waals surface area (Å²) in [4.78, 5) is 0. The lowest BCUT2D eigenvalue weighted by Crippen LogP contribution is -2.14. The Morgan fingerprint density at radius 1 is 1.19 bits per heavy atom. The third-order valence-electron chi connectivity index (χ3n) is 3.96. The van der Waals surface area contributed by atoms with Crippen molar-refractivity contribution in [2.24, 2.45) is 11.8 Å². The van der Waals surface area contributed by atoms with Gasteiger partial charge in [-0.1, -0.05) is 42.9 Å². The van der Waals surface area contributed by atoms with E-state index in [1.165, 1.54) is 12.0 Å². The monoisotopic (exact) mass is 292 g/mol. The summed E-state index contributed by atoms with van der Waals surface area (Å²) in [6.07, 6.45) is 11.3. The molecule has 1 aliphatic rings. The second-order valence-electron chi connectivity index (χ2n) is 6.45. The van der Waals surface area contributed by atoms with Crippen LogP contribution >= 0.6 is 0 Å². The quantitative estimate of drug-likeness (QED) is 0.426. The van der Waals surface area contributed by atoms with Gasteiger partial charge in [-0.05, 0) is 58.3 Å². The van der Waals surface area contributed by atoms with E-state index in [9.17, 15) is 0 Å². The number of hydrogen-bond donors (Lipinski definition) is 0. The molecule has 2 heteroatoms. The minimum atomic E-state index is 0.00992. The minimum Gasteiger partial charge on any atom is -0.350 e. The molecule has 1 aliphatic heterocycles. The van der Waals surface area contributed by atoms with E-state index >= 15 is 0 Å². The molecular formula is C19H32O2. The lowest BCUT2D eigenvalue weighted by molar-refractivity contribution is -0.0502. The van der Waals surface area contributed by atoms with Crippen LogP contribution in [-0.2, 0) is 9.47 Å². The molecule has 0 aromatic rings. The Labute approximate surface area is 130 Å². The first-order valence-corrected chi connectivity index (χ1v) is 8.19. The van der Waals surface area contributed by atoms with E-state index in [0.717, 1.165) is 38.0 Å². The minimum absolute atomic E-state index is 0.00992. The van der Waals surface area contributed by atoms with Crippen LogP contribution < -0.4 is 0 Å². The van der Waals surface area contributed by atoms with Crippen LogP contribution in [0, 0.1) is 11.8 Å². The van der Waals surface area contributed by atoms with Crippen LogP contribution in [0.15, 0.2) is 36.0 Å². The van der Waals surface area contributed by atoms with E-state index in [2.05, 4.69) is 45.6 Å². The maximum absolute atomic E-state index is 5.55. The Morgan fingerprint density at radius 2 is 1.86 bits per heavy atom. The highest BCUT2D eigenvalue weighted by Crippen LogP contribution is 2.26. The zero-order valence-corrected chi connectivity index (χ0v) is 14.2. The Bertz CT molecular complexity index is 358. The van der Waals surface area contributed by atoms with E-state index in [4.69, 9.17) is 9.47 Å². The van der Waals surface area contributed by atoms with Gasteiger partial charge in [0.05, 0.1) is 13.2 Å². The van der Waals surface area contributed by atoms with Gasteiger partial charge in [-0.25, -0.2) is 0 Å². The Balaban J connectivity index is 2.48. The van der Waals surface area contributed by atoms with Gasteiger partial charge >= 0.3 is 0 Å². The van der Waals surface area contributed by atoms with Gasteiger partial charge in [0.2, 0.25) is 0 Å². The summed E-state index contributed by atoms with van der Waals surface area (Å²) in [6, 6.07) is 0. The first kappa shape index (κ1) is 18.2. The number of ether oxygens (including phenoxy) is 2. The van der Waals surface area contributed by atoms with Gasteiger partial charge in [-0.3, -0.25) is 0 Å². The average molecular weight is 292 g/mol. The van der Waals surface area contributed by atoms with Gasteiger partial charge in [0.1, 0.15) is 0 Å². The predicted molar refractivity (Wildman–Crippen MR) is 90.2 cm³/mol. The van der Waals surface area contributed by atoms with E-state index in [1.54, 1.807) is 0 Å². The second kappa shape index (κ2) is 9.97. The van der Waals surface area contributed by atoms with Crippen molar-refractivity contribution in [1.29, 1.82) is 0 Å². The van der Waals surface area contributed by atoms with Crippen molar-refractivity contribution in [1.82, 2.24) is 0 Å². The molecule has 0 saturated carbocycles. The summed E-state index contributed by atoms with van der Waals surface area (Å²) >= 11 is 0. The molecule has 2 atom stereocenters. The predicted octanol–water partition coefficient (Wildman–Crippen LogP) is 5.27. The maximum Gasteiger partial charge on any atom is 0.157 e. The molecule has 1 rings (SSSR count). The van der Waals surface area contributed by atoms with Gasteiger partial charge in [0.25, 0.3) is 0 Å². The average Bonchev–Trinajstić information content (AvgIpc) is 2.91. The standard InChI is InChI=1S/C19H32O2/c1-15(2)7-6-8-17(5)18(10-9-16(3)4)11-12-19-20-13-14-21-19/h7,9-10,17-19H,3,6,8,11-14H2,1-2,4-5H3. The van der Waals surface area contributed by atoms with Gasteiger partial charge in [0, 0.05) is 0 Å². The lowest BCUT2D eigenvalue weighted by Gasteiger charge is -2.22. The van der Waals surface area contributed by atoms with E-state index in [-0.39, 0.29) is 6.29 Å². The third-order valence-corrected chi connectivity index (χ3v) is 3.96. The highest BCUT2D eigenvalue weighted by Gasteiger charge is 2.20. The van der Waals surface area contributed by atoms with Crippen LogP contribution in [0.2, 0.25) is 0 Å². The maximum atomic E-state index is 5.55. The van der Waals surface area contributed by atoms with Crippen molar-refractivity contribution in [3.05, 3.63) is 36.0 Å². The fourth-order valence-electron chi connectivity index (χ4n) is 2.61. The van der Waals surface area contributed by atoms with Crippen LogP contribution in [0.25, 0.3) is 0 Å². The van der Waals surface area contributed by atoms with E-state index < -0.39 is 0 Å².